The van der Waals surface area contributed by atoms with Crippen molar-refractivity contribution >= 4 is 17.6 Å². The molecule has 0 saturated carbocycles. The standard InChI is InChI=1S/C17H21FN2O3/c1-10-6-11(2)14(7-13(10)15(21)22)20-9-12-8-19(3)5-4-17(12,18)16(20)23/h6-7,12H,4-5,8-9H2,1-3H3,(H,21,22)/t12-,17+/m0/s1. The van der Waals surface area contributed by atoms with Crippen LogP contribution in [0.5, 0.6) is 0 Å². The molecular formula is C17H21FN2O3. The van der Waals surface area contributed by atoms with E-state index in [1.165, 1.54) is 11.0 Å². The summed E-state index contributed by atoms with van der Waals surface area (Å²) in [5, 5.41) is 9.30. The van der Waals surface area contributed by atoms with Crippen molar-refractivity contribution in [3.05, 3.63) is 28.8 Å². The summed E-state index contributed by atoms with van der Waals surface area (Å²) in [5.41, 5.74) is 0.257. The topological polar surface area (TPSA) is 60.9 Å². The van der Waals surface area contributed by atoms with Gasteiger partial charge in [0, 0.05) is 37.7 Å². The number of aromatic carboxylic acids is 1. The van der Waals surface area contributed by atoms with Crippen molar-refractivity contribution in [1.29, 1.82) is 0 Å². The van der Waals surface area contributed by atoms with Crippen LogP contribution in [-0.4, -0.2) is 54.2 Å². The molecule has 1 aromatic rings. The highest BCUT2D eigenvalue weighted by molar-refractivity contribution is 6.04. The molecule has 1 N–H and O–H groups in total. The van der Waals surface area contributed by atoms with Crippen LogP contribution in [0, 0.1) is 19.8 Å². The van der Waals surface area contributed by atoms with Crippen molar-refractivity contribution in [1.82, 2.24) is 4.90 Å². The van der Waals surface area contributed by atoms with E-state index in [0.717, 1.165) is 5.56 Å². The number of carboxylic acids is 1. The fourth-order valence-corrected chi connectivity index (χ4v) is 3.75. The van der Waals surface area contributed by atoms with E-state index in [1.54, 1.807) is 13.0 Å². The van der Waals surface area contributed by atoms with E-state index >= 15 is 4.39 Å². The predicted molar refractivity (Wildman–Crippen MR) is 84.7 cm³/mol. The average molecular weight is 320 g/mol. The first-order valence-corrected chi connectivity index (χ1v) is 7.78. The largest absolute Gasteiger partial charge is 0.478 e. The number of hydrogen-bond acceptors (Lipinski definition) is 3. The molecule has 2 saturated heterocycles. The summed E-state index contributed by atoms with van der Waals surface area (Å²) >= 11 is 0. The number of carbonyl (C=O) groups is 2. The summed E-state index contributed by atoms with van der Waals surface area (Å²) in [6.45, 7) is 4.93. The van der Waals surface area contributed by atoms with E-state index in [1.807, 2.05) is 18.9 Å². The molecule has 0 aromatic heterocycles. The molecule has 3 rings (SSSR count). The van der Waals surface area contributed by atoms with Crippen molar-refractivity contribution < 1.29 is 19.1 Å². The number of halogens is 1. The van der Waals surface area contributed by atoms with Gasteiger partial charge in [0.05, 0.1) is 5.56 Å². The van der Waals surface area contributed by atoms with Crippen molar-refractivity contribution in [3.63, 3.8) is 0 Å². The number of rotatable bonds is 2. The number of alkyl halides is 1. The van der Waals surface area contributed by atoms with Crippen LogP contribution >= 0.6 is 0 Å². The zero-order valence-electron chi connectivity index (χ0n) is 13.6. The smallest absolute Gasteiger partial charge is 0.336 e. The summed E-state index contributed by atoms with van der Waals surface area (Å²) < 4.78 is 15.2. The van der Waals surface area contributed by atoms with E-state index in [0.29, 0.717) is 30.9 Å². The summed E-state index contributed by atoms with van der Waals surface area (Å²) in [6.07, 6.45) is 0.195. The Labute approximate surface area is 134 Å². The molecule has 1 aromatic carbocycles. The maximum atomic E-state index is 15.2. The number of carbonyl (C=O) groups excluding carboxylic acids is 1. The Morgan fingerprint density at radius 1 is 1.30 bits per heavy atom. The maximum Gasteiger partial charge on any atom is 0.336 e. The first-order chi connectivity index (χ1) is 10.7. The van der Waals surface area contributed by atoms with Gasteiger partial charge in [0.15, 0.2) is 5.67 Å². The van der Waals surface area contributed by atoms with Gasteiger partial charge < -0.3 is 14.9 Å². The van der Waals surface area contributed by atoms with E-state index < -0.39 is 17.5 Å². The minimum atomic E-state index is -1.83. The number of anilines is 1. The average Bonchev–Trinajstić information content (AvgIpc) is 2.72. The van der Waals surface area contributed by atoms with Gasteiger partial charge in [-0.05, 0) is 38.1 Å². The first kappa shape index (κ1) is 15.9. The fourth-order valence-electron chi connectivity index (χ4n) is 3.75. The lowest BCUT2D eigenvalue weighted by Gasteiger charge is -2.34. The Kier molecular flexibility index (Phi) is 3.67. The minimum Gasteiger partial charge on any atom is -0.478 e. The van der Waals surface area contributed by atoms with Crippen LogP contribution in [0.4, 0.5) is 10.1 Å². The van der Waals surface area contributed by atoms with Gasteiger partial charge in [-0.3, -0.25) is 4.79 Å². The number of carboxylic acid groups (broad SMARTS) is 1. The Bertz CT molecular complexity index is 691. The predicted octanol–water partition coefficient (Wildman–Crippen LogP) is 2.01. The van der Waals surface area contributed by atoms with E-state index in [4.69, 9.17) is 0 Å². The number of nitrogens with zero attached hydrogens (tertiary/aromatic N) is 2. The monoisotopic (exact) mass is 320 g/mol. The Morgan fingerprint density at radius 3 is 2.65 bits per heavy atom. The lowest BCUT2D eigenvalue weighted by Crippen LogP contribution is -2.49. The number of benzene rings is 1. The highest BCUT2D eigenvalue weighted by Gasteiger charge is 2.57. The van der Waals surface area contributed by atoms with Crippen LogP contribution in [0.3, 0.4) is 0 Å². The molecule has 6 heteroatoms. The van der Waals surface area contributed by atoms with Gasteiger partial charge in [-0.25, -0.2) is 9.18 Å². The molecule has 0 bridgehead atoms. The molecule has 23 heavy (non-hydrogen) atoms. The Morgan fingerprint density at radius 2 is 2.00 bits per heavy atom. The van der Waals surface area contributed by atoms with Crippen LogP contribution in [-0.2, 0) is 4.79 Å². The van der Waals surface area contributed by atoms with Gasteiger partial charge >= 0.3 is 5.97 Å². The van der Waals surface area contributed by atoms with Gasteiger partial charge in [0.1, 0.15) is 0 Å². The molecule has 124 valence electrons. The lowest BCUT2D eigenvalue weighted by atomic mass is 9.85. The zero-order chi connectivity index (χ0) is 16.9. The molecule has 2 fully saturated rings. The Hall–Kier alpha value is -1.95. The van der Waals surface area contributed by atoms with Gasteiger partial charge in [0.2, 0.25) is 0 Å². The minimum absolute atomic E-state index is 0.151. The molecule has 0 aliphatic carbocycles. The number of aryl methyl sites for hydroxylation is 2. The third-order valence-electron chi connectivity index (χ3n) is 5.10. The molecule has 1 amide bonds. The molecule has 0 spiro atoms. The van der Waals surface area contributed by atoms with Crippen molar-refractivity contribution in [2.75, 3.05) is 31.6 Å². The molecule has 0 unspecified atom stereocenters. The summed E-state index contributed by atoms with van der Waals surface area (Å²) in [6, 6.07) is 3.24. The quantitative estimate of drug-likeness (QED) is 0.905. The molecule has 2 aliphatic heterocycles. The van der Waals surface area contributed by atoms with Crippen LogP contribution in [0.25, 0.3) is 0 Å². The molecule has 0 radical (unpaired) electrons. The van der Waals surface area contributed by atoms with Gasteiger partial charge in [0.25, 0.3) is 5.91 Å². The van der Waals surface area contributed by atoms with Gasteiger partial charge in [-0.15, -0.1) is 0 Å². The fraction of sp³-hybridized carbons (Fsp3) is 0.529. The number of fused-ring (bicyclic) bond motifs is 1. The van der Waals surface area contributed by atoms with E-state index in [-0.39, 0.29) is 17.9 Å². The molecule has 2 heterocycles. The number of likely N-dealkylation sites (tertiary alicyclic amines) is 1. The highest BCUT2D eigenvalue weighted by Crippen LogP contribution is 2.42. The van der Waals surface area contributed by atoms with Gasteiger partial charge in [-0.1, -0.05) is 6.07 Å². The van der Waals surface area contributed by atoms with Crippen molar-refractivity contribution in [3.8, 4) is 0 Å². The maximum absolute atomic E-state index is 15.2. The second-order valence-electron chi connectivity index (χ2n) is 6.75. The zero-order valence-corrected chi connectivity index (χ0v) is 13.6. The van der Waals surface area contributed by atoms with Crippen molar-refractivity contribution in [2.24, 2.45) is 5.92 Å². The normalized spacial score (nSPS) is 28.1. The highest BCUT2D eigenvalue weighted by atomic mass is 19.1. The number of amides is 1. The van der Waals surface area contributed by atoms with E-state index in [2.05, 4.69) is 0 Å². The van der Waals surface area contributed by atoms with Crippen LogP contribution in [0.2, 0.25) is 0 Å². The van der Waals surface area contributed by atoms with Crippen LogP contribution < -0.4 is 4.90 Å². The lowest BCUT2D eigenvalue weighted by molar-refractivity contribution is -0.131. The molecular weight excluding hydrogens is 299 g/mol. The SMILES string of the molecule is Cc1cc(C)c(N2C[C@@H]3CN(C)CC[C@]3(F)C2=O)cc1C(=O)O. The van der Waals surface area contributed by atoms with Gasteiger partial charge in [-0.2, -0.15) is 0 Å². The number of piperidine rings is 1. The van der Waals surface area contributed by atoms with Crippen LogP contribution in [0.1, 0.15) is 27.9 Å². The van der Waals surface area contributed by atoms with Crippen LogP contribution in [0.15, 0.2) is 12.1 Å². The molecule has 2 atom stereocenters. The van der Waals surface area contributed by atoms with Crippen molar-refractivity contribution in [2.45, 2.75) is 25.9 Å². The third kappa shape index (κ3) is 2.41. The Balaban J connectivity index is 2.01. The summed E-state index contributed by atoms with van der Waals surface area (Å²) in [7, 11) is 1.92. The number of hydrogen-bond donors (Lipinski definition) is 1. The third-order valence-corrected chi connectivity index (χ3v) is 5.10. The second kappa shape index (κ2) is 5.30. The second-order valence-corrected chi connectivity index (χ2v) is 6.75. The van der Waals surface area contributed by atoms with E-state index in [9.17, 15) is 14.7 Å². The summed E-state index contributed by atoms with van der Waals surface area (Å²) in [5.74, 6) is -1.94. The first-order valence-electron chi connectivity index (χ1n) is 7.78. The summed E-state index contributed by atoms with van der Waals surface area (Å²) in [4.78, 5) is 27.5. The molecule has 5 nitrogen and oxygen atoms in total. The molecule has 2 aliphatic rings.